The zero-order chi connectivity index (χ0) is 17.5. The Kier molecular flexibility index (Phi) is 6.04. The fourth-order valence-corrected chi connectivity index (χ4v) is 3.25. The molecule has 0 atom stereocenters. The summed E-state index contributed by atoms with van der Waals surface area (Å²) in [6.07, 6.45) is 6.67. The maximum Gasteiger partial charge on any atom is 0.247 e. The predicted molar refractivity (Wildman–Crippen MR) is 104 cm³/mol. The Bertz CT molecular complexity index is 645. The molecule has 1 N–H and O–H groups in total. The van der Waals surface area contributed by atoms with Crippen LogP contribution in [0.3, 0.4) is 0 Å². The normalized spacial score (nSPS) is 14.9. The third-order valence-electron chi connectivity index (χ3n) is 4.70. The Hall–Kier alpha value is -2.37. The molecule has 2 heterocycles. The first-order valence-corrected chi connectivity index (χ1v) is 9.37. The van der Waals surface area contributed by atoms with Crippen molar-refractivity contribution in [2.45, 2.75) is 39.5 Å². The highest BCUT2D eigenvalue weighted by molar-refractivity contribution is 5.60. The summed E-state index contributed by atoms with van der Waals surface area (Å²) in [7, 11) is 0. The van der Waals surface area contributed by atoms with Crippen molar-refractivity contribution >= 4 is 23.1 Å². The van der Waals surface area contributed by atoms with E-state index in [1.807, 2.05) is 0 Å². The summed E-state index contributed by atoms with van der Waals surface area (Å²) >= 11 is 0. The highest BCUT2D eigenvalue weighted by atomic mass is 15.3. The molecule has 0 amide bonds. The van der Waals surface area contributed by atoms with Crippen LogP contribution in [-0.4, -0.2) is 41.4 Å². The van der Waals surface area contributed by atoms with E-state index >= 15 is 0 Å². The van der Waals surface area contributed by atoms with Crippen molar-refractivity contribution in [3.63, 3.8) is 0 Å². The van der Waals surface area contributed by atoms with Gasteiger partial charge in [0, 0.05) is 37.6 Å². The Morgan fingerprint density at radius 2 is 1.68 bits per heavy atom. The lowest BCUT2D eigenvalue weighted by atomic mass is 10.2. The topological polar surface area (TPSA) is 57.2 Å². The van der Waals surface area contributed by atoms with Crippen molar-refractivity contribution in [1.82, 2.24) is 15.2 Å². The summed E-state index contributed by atoms with van der Waals surface area (Å²) in [5, 5.41) is 11.7. The van der Waals surface area contributed by atoms with Crippen LogP contribution in [0.25, 0.3) is 0 Å². The first-order valence-electron chi connectivity index (χ1n) is 9.37. The number of anilines is 4. The van der Waals surface area contributed by atoms with Gasteiger partial charge in [-0.15, -0.1) is 5.10 Å². The van der Waals surface area contributed by atoms with E-state index in [2.05, 4.69) is 68.4 Å². The smallest absolute Gasteiger partial charge is 0.247 e. The first kappa shape index (κ1) is 17.5. The predicted octanol–water partition coefficient (Wildman–Crippen LogP) is 3.84. The van der Waals surface area contributed by atoms with Gasteiger partial charge in [-0.05, 0) is 51.0 Å². The highest BCUT2D eigenvalue weighted by Gasteiger charge is 2.13. The fraction of sp³-hybridized carbons (Fsp3) is 0.526. The standard InChI is InChI=1S/C19H28N6/c1-3-24(4-2)17-11-9-16(10-12-17)21-18-15-20-23-19(22-18)25-13-7-5-6-8-14-25/h9-12,15H,3-8,13-14H2,1-2H3,(H,21,22,23). The molecule has 0 aliphatic carbocycles. The van der Waals surface area contributed by atoms with Gasteiger partial charge in [-0.3, -0.25) is 0 Å². The summed E-state index contributed by atoms with van der Waals surface area (Å²) in [6.45, 7) is 8.41. The van der Waals surface area contributed by atoms with Crippen molar-refractivity contribution in [2.75, 3.05) is 41.3 Å². The average Bonchev–Trinajstić information content (AvgIpc) is 2.94. The Labute approximate surface area is 150 Å². The molecule has 3 rings (SSSR count). The lowest BCUT2D eigenvalue weighted by Gasteiger charge is -2.21. The van der Waals surface area contributed by atoms with Crippen LogP contribution in [0.4, 0.5) is 23.1 Å². The van der Waals surface area contributed by atoms with Crippen molar-refractivity contribution in [1.29, 1.82) is 0 Å². The molecule has 1 aliphatic heterocycles. The molecule has 134 valence electrons. The van der Waals surface area contributed by atoms with Gasteiger partial charge in [-0.2, -0.15) is 10.1 Å². The molecule has 1 saturated heterocycles. The minimum absolute atomic E-state index is 0.728. The highest BCUT2D eigenvalue weighted by Crippen LogP contribution is 2.21. The minimum Gasteiger partial charge on any atom is -0.372 e. The van der Waals surface area contributed by atoms with Crippen LogP contribution >= 0.6 is 0 Å². The monoisotopic (exact) mass is 340 g/mol. The maximum absolute atomic E-state index is 4.65. The molecule has 1 aromatic carbocycles. The summed E-state index contributed by atoms with van der Waals surface area (Å²) < 4.78 is 0. The summed E-state index contributed by atoms with van der Waals surface area (Å²) in [5.74, 6) is 1.47. The van der Waals surface area contributed by atoms with Crippen molar-refractivity contribution in [2.24, 2.45) is 0 Å². The second-order valence-electron chi connectivity index (χ2n) is 6.39. The van der Waals surface area contributed by atoms with Gasteiger partial charge in [0.05, 0.1) is 6.20 Å². The molecule has 0 saturated carbocycles. The van der Waals surface area contributed by atoms with Crippen LogP contribution in [0, 0.1) is 0 Å². The Morgan fingerprint density at radius 3 is 2.32 bits per heavy atom. The van der Waals surface area contributed by atoms with Crippen molar-refractivity contribution in [3.8, 4) is 0 Å². The zero-order valence-corrected chi connectivity index (χ0v) is 15.3. The number of rotatable bonds is 6. The maximum atomic E-state index is 4.65. The Balaban J connectivity index is 1.69. The molecule has 6 nitrogen and oxygen atoms in total. The van der Waals surface area contributed by atoms with Crippen LogP contribution in [0.2, 0.25) is 0 Å². The zero-order valence-electron chi connectivity index (χ0n) is 15.3. The van der Waals surface area contributed by atoms with Gasteiger partial charge in [0.25, 0.3) is 0 Å². The quantitative estimate of drug-likeness (QED) is 0.862. The third-order valence-corrected chi connectivity index (χ3v) is 4.70. The van der Waals surface area contributed by atoms with Crippen LogP contribution < -0.4 is 15.1 Å². The van der Waals surface area contributed by atoms with Crippen LogP contribution in [0.15, 0.2) is 30.5 Å². The van der Waals surface area contributed by atoms with E-state index in [1.165, 1.54) is 31.4 Å². The summed E-state index contributed by atoms with van der Waals surface area (Å²) in [4.78, 5) is 9.23. The van der Waals surface area contributed by atoms with E-state index in [-0.39, 0.29) is 0 Å². The Morgan fingerprint density at radius 1 is 1.00 bits per heavy atom. The molecule has 1 aliphatic rings. The van der Waals surface area contributed by atoms with E-state index < -0.39 is 0 Å². The van der Waals surface area contributed by atoms with E-state index in [0.717, 1.165) is 43.6 Å². The van der Waals surface area contributed by atoms with E-state index in [4.69, 9.17) is 0 Å². The molecule has 0 bridgehead atoms. The van der Waals surface area contributed by atoms with Gasteiger partial charge in [-0.25, -0.2) is 0 Å². The van der Waals surface area contributed by atoms with E-state index in [1.54, 1.807) is 6.20 Å². The van der Waals surface area contributed by atoms with Crippen molar-refractivity contribution < 1.29 is 0 Å². The molecule has 0 radical (unpaired) electrons. The number of aromatic nitrogens is 3. The molecular formula is C19H28N6. The van der Waals surface area contributed by atoms with Gasteiger partial charge in [0.2, 0.25) is 5.95 Å². The number of nitrogens with one attached hydrogen (secondary N) is 1. The summed E-state index contributed by atoms with van der Waals surface area (Å²) in [5.41, 5.74) is 2.25. The first-order chi connectivity index (χ1) is 12.3. The van der Waals surface area contributed by atoms with E-state index in [9.17, 15) is 0 Å². The lowest BCUT2D eigenvalue weighted by Crippen LogP contribution is -2.26. The van der Waals surface area contributed by atoms with Crippen LogP contribution in [-0.2, 0) is 0 Å². The van der Waals surface area contributed by atoms with Gasteiger partial charge >= 0.3 is 0 Å². The SMILES string of the molecule is CCN(CC)c1ccc(Nc2cnnc(N3CCCCCC3)n2)cc1. The molecule has 0 spiro atoms. The van der Waals surface area contributed by atoms with Gasteiger partial charge in [0.1, 0.15) is 0 Å². The third kappa shape index (κ3) is 4.59. The van der Waals surface area contributed by atoms with Gasteiger partial charge in [0.15, 0.2) is 5.82 Å². The van der Waals surface area contributed by atoms with Crippen LogP contribution in [0.1, 0.15) is 39.5 Å². The fourth-order valence-electron chi connectivity index (χ4n) is 3.25. The van der Waals surface area contributed by atoms with Crippen molar-refractivity contribution in [3.05, 3.63) is 30.5 Å². The molecule has 0 unspecified atom stereocenters. The average molecular weight is 340 g/mol. The molecule has 1 fully saturated rings. The largest absolute Gasteiger partial charge is 0.372 e. The minimum atomic E-state index is 0.728. The molecule has 6 heteroatoms. The van der Waals surface area contributed by atoms with E-state index in [0.29, 0.717) is 0 Å². The lowest BCUT2D eigenvalue weighted by molar-refractivity contribution is 0.726. The van der Waals surface area contributed by atoms with Gasteiger partial charge < -0.3 is 15.1 Å². The molecule has 1 aromatic heterocycles. The van der Waals surface area contributed by atoms with Crippen LogP contribution in [0.5, 0.6) is 0 Å². The molecule has 25 heavy (non-hydrogen) atoms. The molecule has 2 aromatic rings. The van der Waals surface area contributed by atoms with Gasteiger partial charge in [-0.1, -0.05) is 12.8 Å². The molecular weight excluding hydrogens is 312 g/mol. The number of hydrogen-bond acceptors (Lipinski definition) is 6. The number of benzene rings is 1. The summed E-state index contributed by atoms with van der Waals surface area (Å²) in [6, 6.07) is 8.45. The second-order valence-corrected chi connectivity index (χ2v) is 6.39. The number of nitrogens with zero attached hydrogens (tertiary/aromatic N) is 5. The second kappa shape index (κ2) is 8.65. The number of hydrogen-bond donors (Lipinski definition) is 1.